The first-order valence-corrected chi connectivity index (χ1v) is 7.37. The Morgan fingerprint density at radius 1 is 1.18 bits per heavy atom. The summed E-state index contributed by atoms with van der Waals surface area (Å²) >= 11 is 11.4. The van der Waals surface area contributed by atoms with Crippen molar-refractivity contribution in [3.63, 3.8) is 0 Å². The Kier molecular flexibility index (Phi) is 5.58. The molecule has 2 aromatic rings. The summed E-state index contributed by atoms with van der Waals surface area (Å²) in [5, 5.41) is 12.8. The predicted octanol–water partition coefficient (Wildman–Crippen LogP) is 4.93. The molecule has 0 saturated carbocycles. The molecular weight excluding hydrogens is 452 g/mol. The summed E-state index contributed by atoms with van der Waals surface area (Å²) in [5.74, 6) is -2.50. The molecule has 154 valence electrons. The maximum Gasteiger partial charge on any atom is 0.457 e. The molecule has 28 heavy (non-hydrogen) atoms. The molecule has 2 rings (SSSR count). The number of nitrogens with two attached hydrogens (primary N) is 1. The van der Waals surface area contributed by atoms with Gasteiger partial charge in [-0.1, -0.05) is 23.2 Å². The average Bonchev–Trinajstić information content (AvgIpc) is 2.81. The van der Waals surface area contributed by atoms with E-state index in [-0.39, 0.29) is 4.68 Å². The van der Waals surface area contributed by atoms with Gasteiger partial charge in [-0.2, -0.15) is 30.7 Å². The lowest BCUT2D eigenvalue weighted by Crippen LogP contribution is -2.30. The summed E-state index contributed by atoms with van der Waals surface area (Å²) in [4.78, 5) is 9.72. The Labute approximate surface area is 159 Å². The quantitative estimate of drug-likeness (QED) is 0.400. The zero-order chi connectivity index (χ0) is 21.6. The standard InChI is InChI=1S/C12H5Cl2F7N4O3/c13-4-1-3(11(16,17)18)2-5(14)6(4)24-8(22)7(25(26)27)9(23-24)28-10(15)12(19,20)21/h1-2,10H,22H2. The number of nitro groups is 1. The molecule has 1 aromatic heterocycles. The lowest BCUT2D eigenvalue weighted by atomic mass is 10.2. The van der Waals surface area contributed by atoms with Gasteiger partial charge in [-0.15, -0.1) is 5.10 Å². The third-order valence-electron chi connectivity index (χ3n) is 3.08. The van der Waals surface area contributed by atoms with Crippen molar-refractivity contribution in [2.45, 2.75) is 18.7 Å². The van der Waals surface area contributed by atoms with E-state index >= 15 is 0 Å². The van der Waals surface area contributed by atoms with Gasteiger partial charge in [0.15, 0.2) is 0 Å². The number of hydrogen-bond acceptors (Lipinski definition) is 5. The van der Waals surface area contributed by atoms with E-state index in [4.69, 9.17) is 28.9 Å². The first-order chi connectivity index (χ1) is 12.6. The first-order valence-electron chi connectivity index (χ1n) is 6.61. The van der Waals surface area contributed by atoms with Crippen LogP contribution in [0.25, 0.3) is 5.69 Å². The number of aromatic nitrogens is 2. The van der Waals surface area contributed by atoms with Crippen LogP contribution in [0.3, 0.4) is 0 Å². The van der Waals surface area contributed by atoms with Crippen molar-refractivity contribution in [3.8, 4) is 11.6 Å². The van der Waals surface area contributed by atoms with Crippen LogP contribution in [0.1, 0.15) is 5.56 Å². The Bertz CT molecular complexity index is 906. The summed E-state index contributed by atoms with van der Waals surface area (Å²) < 4.78 is 92.4. The third-order valence-corrected chi connectivity index (χ3v) is 3.65. The third kappa shape index (κ3) is 4.16. The van der Waals surface area contributed by atoms with E-state index in [9.17, 15) is 40.8 Å². The Balaban J connectivity index is 2.65. The SMILES string of the molecule is Nc1c([N+](=O)[O-])c(OC(F)C(F)(F)F)nn1-c1c(Cl)cc(C(F)(F)F)cc1Cl. The molecule has 1 aromatic carbocycles. The molecule has 7 nitrogen and oxygen atoms in total. The second kappa shape index (κ2) is 7.16. The molecule has 0 fully saturated rings. The van der Waals surface area contributed by atoms with E-state index in [0.717, 1.165) is 0 Å². The maximum atomic E-state index is 13.1. The van der Waals surface area contributed by atoms with Gasteiger partial charge in [-0.25, -0.2) is 4.68 Å². The number of rotatable bonds is 4. The number of anilines is 1. The minimum absolute atomic E-state index is 0.265. The maximum absolute atomic E-state index is 13.1. The Morgan fingerprint density at radius 3 is 2.07 bits per heavy atom. The zero-order valence-corrected chi connectivity index (χ0v) is 14.3. The van der Waals surface area contributed by atoms with E-state index < -0.39 is 62.3 Å². The molecule has 0 radical (unpaired) electrons. The summed E-state index contributed by atoms with van der Waals surface area (Å²) in [6.45, 7) is 0. The monoisotopic (exact) mass is 456 g/mol. The number of nitrogens with zero attached hydrogens (tertiary/aromatic N) is 3. The summed E-state index contributed by atoms with van der Waals surface area (Å²) in [6.07, 6.45) is -14.4. The van der Waals surface area contributed by atoms with Gasteiger partial charge in [-0.3, -0.25) is 10.1 Å². The summed E-state index contributed by atoms with van der Waals surface area (Å²) in [6, 6.07) is 0.758. The highest BCUT2D eigenvalue weighted by atomic mass is 35.5. The molecule has 0 saturated heterocycles. The van der Waals surface area contributed by atoms with Crippen LogP contribution in [0.5, 0.6) is 5.88 Å². The first kappa shape index (κ1) is 21.8. The Hall–Kier alpha value is -2.48. The van der Waals surface area contributed by atoms with Gasteiger partial charge in [0.2, 0.25) is 5.82 Å². The van der Waals surface area contributed by atoms with E-state index in [0.29, 0.717) is 12.1 Å². The minimum Gasteiger partial charge on any atom is -0.428 e. The highest BCUT2D eigenvalue weighted by Gasteiger charge is 2.45. The molecular formula is C12H5Cl2F7N4O3. The van der Waals surface area contributed by atoms with Crippen molar-refractivity contribution in [1.82, 2.24) is 9.78 Å². The van der Waals surface area contributed by atoms with Crippen molar-refractivity contribution in [3.05, 3.63) is 37.9 Å². The number of ether oxygens (including phenoxy) is 1. The highest BCUT2D eigenvalue weighted by Crippen LogP contribution is 2.42. The van der Waals surface area contributed by atoms with Gasteiger partial charge in [-0.05, 0) is 12.1 Å². The minimum atomic E-state index is -5.55. The number of hydrogen-bond donors (Lipinski definition) is 1. The van der Waals surface area contributed by atoms with E-state index in [2.05, 4.69) is 9.84 Å². The number of halogens is 9. The highest BCUT2D eigenvalue weighted by molar-refractivity contribution is 6.38. The molecule has 0 amide bonds. The molecule has 1 unspecified atom stereocenters. The van der Waals surface area contributed by atoms with E-state index in [1.54, 1.807) is 0 Å². The van der Waals surface area contributed by atoms with Crippen LogP contribution in [0, 0.1) is 10.1 Å². The van der Waals surface area contributed by atoms with Gasteiger partial charge in [0.05, 0.1) is 20.5 Å². The van der Waals surface area contributed by atoms with Crippen molar-refractivity contribution in [2.75, 3.05) is 5.73 Å². The topological polar surface area (TPSA) is 96.2 Å². The Morgan fingerprint density at radius 2 is 1.68 bits per heavy atom. The smallest absolute Gasteiger partial charge is 0.428 e. The normalized spacial score (nSPS) is 13.5. The van der Waals surface area contributed by atoms with Gasteiger partial charge in [0.25, 0.3) is 0 Å². The number of nitrogen functional groups attached to an aromatic ring is 1. The number of benzene rings is 1. The van der Waals surface area contributed by atoms with Crippen LogP contribution in [0.4, 0.5) is 42.2 Å². The zero-order valence-electron chi connectivity index (χ0n) is 12.8. The molecule has 1 heterocycles. The van der Waals surface area contributed by atoms with Crippen molar-refractivity contribution in [2.24, 2.45) is 0 Å². The van der Waals surface area contributed by atoms with Crippen LogP contribution >= 0.6 is 23.2 Å². The molecule has 2 N–H and O–H groups in total. The van der Waals surface area contributed by atoms with Gasteiger partial charge in [0.1, 0.15) is 5.69 Å². The molecule has 0 aliphatic rings. The molecule has 1 atom stereocenters. The second-order valence-electron chi connectivity index (χ2n) is 4.97. The molecule has 0 aliphatic heterocycles. The fraction of sp³-hybridized carbons (Fsp3) is 0.250. The van der Waals surface area contributed by atoms with Crippen LogP contribution < -0.4 is 10.5 Å². The molecule has 16 heteroatoms. The van der Waals surface area contributed by atoms with Gasteiger partial charge in [0, 0.05) is 0 Å². The summed E-state index contributed by atoms with van der Waals surface area (Å²) in [7, 11) is 0. The average molecular weight is 457 g/mol. The predicted molar refractivity (Wildman–Crippen MR) is 81.2 cm³/mol. The van der Waals surface area contributed by atoms with Gasteiger partial charge < -0.3 is 10.5 Å². The van der Waals surface area contributed by atoms with Crippen LogP contribution in [-0.2, 0) is 6.18 Å². The van der Waals surface area contributed by atoms with Crippen molar-refractivity contribution >= 4 is 34.7 Å². The lowest BCUT2D eigenvalue weighted by molar-refractivity contribution is -0.385. The van der Waals surface area contributed by atoms with Crippen LogP contribution in [0.15, 0.2) is 12.1 Å². The largest absolute Gasteiger partial charge is 0.457 e. The van der Waals surface area contributed by atoms with E-state index in [1.165, 1.54) is 0 Å². The lowest BCUT2D eigenvalue weighted by Gasteiger charge is -2.13. The summed E-state index contributed by atoms with van der Waals surface area (Å²) in [5.41, 5.74) is 2.12. The van der Waals surface area contributed by atoms with Crippen LogP contribution in [0.2, 0.25) is 10.0 Å². The van der Waals surface area contributed by atoms with Crippen molar-refractivity contribution in [1.29, 1.82) is 0 Å². The fourth-order valence-corrected chi connectivity index (χ4v) is 2.57. The van der Waals surface area contributed by atoms with E-state index in [1.807, 2.05) is 0 Å². The fourth-order valence-electron chi connectivity index (χ4n) is 1.92. The van der Waals surface area contributed by atoms with Gasteiger partial charge >= 0.3 is 30.3 Å². The number of alkyl halides is 7. The molecule has 0 spiro atoms. The second-order valence-corrected chi connectivity index (χ2v) is 5.78. The molecule has 0 aliphatic carbocycles. The van der Waals surface area contributed by atoms with Crippen LogP contribution in [-0.4, -0.2) is 27.2 Å². The van der Waals surface area contributed by atoms with Crippen molar-refractivity contribution < 1.29 is 40.4 Å². The molecule has 0 bridgehead atoms.